The molecule has 1 unspecified atom stereocenters. The van der Waals surface area contributed by atoms with Crippen LogP contribution in [0, 0.1) is 5.92 Å². The molecule has 1 aromatic carbocycles. The van der Waals surface area contributed by atoms with Crippen LogP contribution in [0.15, 0.2) is 24.3 Å². The van der Waals surface area contributed by atoms with Gasteiger partial charge in [-0.05, 0) is 36.3 Å². The summed E-state index contributed by atoms with van der Waals surface area (Å²) in [5, 5.41) is 0. The molecule has 1 aliphatic carbocycles. The monoisotopic (exact) mass is 218 g/mol. The lowest BCUT2D eigenvalue weighted by Crippen LogP contribution is -2.16. The van der Waals surface area contributed by atoms with Crippen LogP contribution < -0.4 is 0 Å². The highest BCUT2D eigenvalue weighted by Gasteiger charge is 2.37. The van der Waals surface area contributed by atoms with Crippen LogP contribution in [0.3, 0.4) is 0 Å². The van der Waals surface area contributed by atoms with Gasteiger partial charge in [-0.3, -0.25) is 4.79 Å². The number of carbonyl (C=O) groups excluding carboxylic acids is 1. The summed E-state index contributed by atoms with van der Waals surface area (Å²) in [4.78, 5) is 11.7. The molecule has 0 N–H and O–H groups in total. The Morgan fingerprint density at radius 1 is 1.38 bits per heavy atom. The minimum atomic E-state index is -0.0910. The van der Waals surface area contributed by atoms with Gasteiger partial charge in [0.25, 0.3) is 0 Å². The fourth-order valence-corrected chi connectivity index (χ4v) is 2.12. The summed E-state index contributed by atoms with van der Waals surface area (Å²) in [6, 6.07) is 8.35. The molecule has 1 atom stereocenters. The maximum Gasteiger partial charge on any atom is 0.313 e. The van der Waals surface area contributed by atoms with Gasteiger partial charge in [-0.2, -0.15) is 0 Å². The normalized spacial score (nSPS) is 16.9. The van der Waals surface area contributed by atoms with Crippen LogP contribution in [0.1, 0.15) is 36.8 Å². The number of benzene rings is 1. The molecular weight excluding hydrogens is 200 g/mol. The third kappa shape index (κ3) is 2.26. The Balaban J connectivity index is 2.21. The maximum absolute atomic E-state index is 11.7. The minimum absolute atomic E-state index is 0.0455. The number of hydrogen-bond donors (Lipinski definition) is 0. The molecule has 0 radical (unpaired) electrons. The number of hydrogen-bond acceptors (Lipinski definition) is 2. The van der Waals surface area contributed by atoms with Crippen LogP contribution in [-0.4, -0.2) is 13.1 Å². The van der Waals surface area contributed by atoms with Gasteiger partial charge in [-0.1, -0.05) is 31.2 Å². The van der Waals surface area contributed by atoms with Crippen LogP contribution in [0.25, 0.3) is 0 Å². The van der Waals surface area contributed by atoms with Crippen molar-refractivity contribution in [1.29, 1.82) is 0 Å². The topological polar surface area (TPSA) is 26.3 Å². The van der Waals surface area contributed by atoms with Crippen molar-refractivity contribution in [2.45, 2.75) is 32.1 Å². The molecule has 1 aromatic rings. The van der Waals surface area contributed by atoms with E-state index in [0.29, 0.717) is 5.92 Å². The molecule has 1 fully saturated rings. The lowest BCUT2D eigenvalue weighted by Gasteiger charge is -2.14. The first kappa shape index (κ1) is 11.2. The maximum atomic E-state index is 11.7. The molecule has 0 spiro atoms. The second-order valence-corrected chi connectivity index (χ2v) is 4.43. The molecule has 0 saturated heterocycles. The summed E-state index contributed by atoms with van der Waals surface area (Å²) in [6.45, 7) is 2.13. The van der Waals surface area contributed by atoms with E-state index < -0.39 is 0 Å². The largest absolute Gasteiger partial charge is 0.469 e. The molecule has 0 bridgehead atoms. The van der Waals surface area contributed by atoms with Gasteiger partial charge >= 0.3 is 5.97 Å². The molecule has 2 heteroatoms. The lowest BCUT2D eigenvalue weighted by atomic mass is 9.93. The van der Waals surface area contributed by atoms with E-state index in [1.807, 2.05) is 0 Å². The van der Waals surface area contributed by atoms with Gasteiger partial charge in [0.15, 0.2) is 0 Å². The molecule has 0 amide bonds. The van der Waals surface area contributed by atoms with Crippen LogP contribution >= 0.6 is 0 Å². The molecular formula is C14H18O2. The summed E-state index contributed by atoms with van der Waals surface area (Å²) >= 11 is 0. The summed E-state index contributed by atoms with van der Waals surface area (Å²) < 4.78 is 4.89. The fraction of sp³-hybridized carbons (Fsp3) is 0.500. The fourth-order valence-electron chi connectivity index (χ4n) is 2.12. The smallest absolute Gasteiger partial charge is 0.313 e. The van der Waals surface area contributed by atoms with Gasteiger partial charge in [0.2, 0.25) is 0 Å². The van der Waals surface area contributed by atoms with Gasteiger partial charge in [0.1, 0.15) is 0 Å². The number of methoxy groups -OCH3 is 1. The van der Waals surface area contributed by atoms with E-state index in [4.69, 9.17) is 4.74 Å². The zero-order valence-electron chi connectivity index (χ0n) is 9.90. The van der Waals surface area contributed by atoms with E-state index in [1.165, 1.54) is 12.7 Å². The van der Waals surface area contributed by atoms with Crippen molar-refractivity contribution in [2.24, 2.45) is 5.92 Å². The molecule has 0 heterocycles. The standard InChI is InChI=1S/C14H18O2/c1-3-10-4-6-11(7-5-10)13(12-8-9-12)14(15)16-2/h4-7,12-13H,3,8-9H2,1-2H3. The predicted octanol–water partition coefficient (Wildman–Crippen LogP) is 2.92. The van der Waals surface area contributed by atoms with E-state index in [0.717, 1.165) is 24.8 Å². The van der Waals surface area contributed by atoms with Crippen LogP contribution in [0.4, 0.5) is 0 Å². The first-order chi connectivity index (χ1) is 7.76. The highest BCUT2D eigenvalue weighted by molar-refractivity contribution is 5.78. The zero-order valence-corrected chi connectivity index (χ0v) is 9.90. The van der Waals surface area contributed by atoms with E-state index in [2.05, 4.69) is 31.2 Å². The third-order valence-electron chi connectivity index (χ3n) is 3.30. The first-order valence-corrected chi connectivity index (χ1v) is 5.93. The highest BCUT2D eigenvalue weighted by Crippen LogP contribution is 2.43. The van der Waals surface area contributed by atoms with Crippen molar-refractivity contribution in [2.75, 3.05) is 7.11 Å². The molecule has 16 heavy (non-hydrogen) atoms. The van der Waals surface area contributed by atoms with Crippen molar-refractivity contribution in [1.82, 2.24) is 0 Å². The second kappa shape index (κ2) is 4.69. The summed E-state index contributed by atoms with van der Waals surface area (Å²) in [6.07, 6.45) is 3.33. The average Bonchev–Trinajstić information content (AvgIpc) is 3.14. The number of ether oxygens (including phenoxy) is 1. The Bertz CT molecular complexity index is 363. The molecule has 86 valence electrons. The van der Waals surface area contributed by atoms with Gasteiger partial charge in [0, 0.05) is 0 Å². The van der Waals surface area contributed by atoms with E-state index in [-0.39, 0.29) is 11.9 Å². The third-order valence-corrected chi connectivity index (χ3v) is 3.30. The Hall–Kier alpha value is -1.31. The summed E-state index contributed by atoms with van der Waals surface area (Å²) in [5.74, 6) is 0.364. The number of aryl methyl sites for hydroxylation is 1. The molecule has 1 saturated carbocycles. The van der Waals surface area contributed by atoms with Gasteiger partial charge < -0.3 is 4.74 Å². The van der Waals surface area contributed by atoms with Gasteiger partial charge in [-0.15, -0.1) is 0 Å². The highest BCUT2D eigenvalue weighted by atomic mass is 16.5. The van der Waals surface area contributed by atoms with Gasteiger partial charge in [-0.25, -0.2) is 0 Å². The molecule has 2 nitrogen and oxygen atoms in total. The SMILES string of the molecule is CCc1ccc(C(C(=O)OC)C2CC2)cc1. The molecule has 2 rings (SSSR count). The van der Waals surface area contributed by atoms with E-state index in [1.54, 1.807) is 0 Å². The average molecular weight is 218 g/mol. The summed E-state index contributed by atoms with van der Waals surface area (Å²) in [5.41, 5.74) is 2.41. The Morgan fingerprint density at radius 3 is 2.44 bits per heavy atom. The molecule has 1 aliphatic rings. The molecule has 0 aliphatic heterocycles. The lowest BCUT2D eigenvalue weighted by molar-refractivity contribution is -0.143. The molecule has 0 aromatic heterocycles. The Morgan fingerprint density at radius 2 is 2.00 bits per heavy atom. The van der Waals surface area contributed by atoms with E-state index >= 15 is 0 Å². The number of rotatable bonds is 4. The van der Waals surface area contributed by atoms with Crippen LogP contribution in [0.5, 0.6) is 0 Å². The van der Waals surface area contributed by atoms with Crippen LogP contribution in [-0.2, 0) is 16.0 Å². The number of esters is 1. The van der Waals surface area contributed by atoms with E-state index in [9.17, 15) is 4.79 Å². The van der Waals surface area contributed by atoms with Crippen LogP contribution in [0.2, 0.25) is 0 Å². The Labute approximate surface area is 96.6 Å². The van der Waals surface area contributed by atoms with Gasteiger partial charge in [0.05, 0.1) is 13.0 Å². The first-order valence-electron chi connectivity index (χ1n) is 5.93. The zero-order chi connectivity index (χ0) is 11.5. The predicted molar refractivity (Wildman–Crippen MR) is 63.3 cm³/mol. The van der Waals surface area contributed by atoms with Crippen molar-refractivity contribution in [3.8, 4) is 0 Å². The summed E-state index contributed by atoms with van der Waals surface area (Å²) in [7, 11) is 1.47. The van der Waals surface area contributed by atoms with Crippen molar-refractivity contribution in [3.05, 3.63) is 35.4 Å². The second-order valence-electron chi connectivity index (χ2n) is 4.43. The Kier molecular flexibility index (Phi) is 3.28. The quantitative estimate of drug-likeness (QED) is 0.726. The number of carbonyl (C=O) groups is 1. The minimum Gasteiger partial charge on any atom is -0.469 e. The van der Waals surface area contributed by atoms with Crippen molar-refractivity contribution < 1.29 is 9.53 Å². The van der Waals surface area contributed by atoms with Crippen molar-refractivity contribution >= 4 is 5.97 Å². The van der Waals surface area contributed by atoms with Crippen molar-refractivity contribution in [3.63, 3.8) is 0 Å².